The Hall–Kier alpha value is -0.990. The van der Waals surface area contributed by atoms with Gasteiger partial charge in [0.25, 0.3) is 0 Å². The fourth-order valence-electron chi connectivity index (χ4n) is 2.52. The summed E-state index contributed by atoms with van der Waals surface area (Å²) in [6, 6.07) is 14.4. The molecule has 0 bridgehead atoms. The van der Waals surface area contributed by atoms with E-state index in [1.807, 2.05) is 18.2 Å². The van der Waals surface area contributed by atoms with Crippen LogP contribution in [0.15, 0.2) is 46.9 Å². The molecule has 3 heteroatoms. The van der Waals surface area contributed by atoms with Crippen LogP contribution in [-0.4, -0.2) is 6.61 Å². The van der Waals surface area contributed by atoms with Crippen LogP contribution in [0.5, 0.6) is 5.75 Å². The molecule has 3 rings (SSSR count). The van der Waals surface area contributed by atoms with Crippen LogP contribution in [0.3, 0.4) is 0 Å². The van der Waals surface area contributed by atoms with Gasteiger partial charge in [-0.2, -0.15) is 0 Å². The van der Waals surface area contributed by atoms with Crippen molar-refractivity contribution in [3.8, 4) is 5.75 Å². The summed E-state index contributed by atoms with van der Waals surface area (Å²) >= 11 is 10.1. The molecule has 2 aromatic carbocycles. The fraction of sp³-hybridized carbons (Fsp3) is 0.294. The van der Waals surface area contributed by atoms with Gasteiger partial charge >= 0.3 is 0 Å². The molecule has 104 valence electrons. The molecule has 0 aromatic heterocycles. The first kappa shape index (κ1) is 14.0. The van der Waals surface area contributed by atoms with Crippen LogP contribution in [0.2, 0.25) is 0 Å². The predicted octanol–water partition coefficient (Wildman–Crippen LogP) is 5.45. The van der Waals surface area contributed by atoms with E-state index < -0.39 is 0 Å². The summed E-state index contributed by atoms with van der Waals surface area (Å²) in [5, 5.41) is -0.134. The van der Waals surface area contributed by atoms with E-state index in [9.17, 15) is 0 Å². The van der Waals surface area contributed by atoms with Crippen LogP contribution < -0.4 is 4.74 Å². The van der Waals surface area contributed by atoms with E-state index in [1.165, 1.54) is 5.56 Å². The zero-order valence-electron chi connectivity index (χ0n) is 11.5. The minimum absolute atomic E-state index is 0.0572. The van der Waals surface area contributed by atoms with Gasteiger partial charge in [-0.3, -0.25) is 0 Å². The quantitative estimate of drug-likeness (QED) is 0.654. The van der Waals surface area contributed by atoms with Crippen molar-refractivity contribution in [2.24, 2.45) is 0 Å². The Labute approximate surface area is 133 Å². The molecule has 1 unspecified atom stereocenters. The van der Waals surface area contributed by atoms with E-state index in [4.69, 9.17) is 16.3 Å². The van der Waals surface area contributed by atoms with Gasteiger partial charge in [-0.25, -0.2) is 0 Å². The molecule has 1 aliphatic rings. The molecule has 0 aliphatic carbocycles. The van der Waals surface area contributed by atoms with Gasteiger partial charge in [0.05, 0.1) is 12.0 Å². The number of alkyl halides is 1. The van der Waals surface area contributed by atoms with Gasteiger partial charge in [0.2, 0.25) is 0 Å². The number of ether oxygens (including phenoxy) is 1. The van der Waals surface area contributed by atoms with E-state index in [0.717, 1.165) is 28.0 Å². The molecule has 0 amide bonds. The van der Waals surface area contributed by atoms with Crippen LogP contribution in [0, 0.1) is 0 Å². The first-order chi connectivity index (χ1) is 9.47. The SMILES string of the molecule is CC1(C)COc2ccc(C(Cl)c3ccc(Br)cc3)cc21. The van der Waals surface area contributed by atoms with E-state index in [2.05, 4.69) is 54.0 Å². The van der Waals surface area contributed by atoms with Gasteiger partial charge in [-0.15, -0.1) is 11.6 Å². The highest BCUT2D eigenvalue weighted by molar-refractivity contribution is 9.10. The third-order valence-electron chi connectivity index (χ3n) is 3.78. The molecule has 0 spiro atoms. The van der Waals surface area contributed by atoms with E-state index in [1.54, 1.807) is 0 Å². The lowest BCUT2D eigenvalue weighted by Gasteiger charge is -2.17. The zero-order chi connectivity index (χ0) is 14.3. The van der Waals surface area contributed by atoms with Crippen molar-refractivity contribution in [3.05, 3.63) is 63.6 Å². The van der Waals surface area contributed by atoms with E-state index in [-0.39, 0.29) is 10.8 Å². The number of hydrogen-bond donors (Lipinski definition) is 0. The molecule has 1 nitrogen and oxygen atoms in total. The summed E-state index contributed by atoms with van der Waals surface area (Å²) < 4.78 is 6.78. The Bertz CT molecular complexity index is 634. The largest absolute Gasteiger partial charge is 0.492 e. The van der Waals surface area contributed by atoms with Crippen molar-refractivity contribution < 1.29 is 4.74 Å². The second kappa shape index (κ2) is 5.09. The lowest BCUT2D eigenvalue weighted by Crippen LogP contribution is -2.18. The topological polar surface area (TPSA) is 9.23 Å². The van der Waals surface area contributed by atoms with Gasteiger partial charge in [0.1, 0.15) is 5.75 Å². The highest BCUT2D eigenvalue weighted by Gasteiger charge is 2.32. The zero-order valence-corrected chi connectivity index (χ0v) is 13.8. The molecule has 0 saturated heterocycles. The normalized spacial score (nSPS) is 17.4. The number of fused-ring (bicyclic) bond motifs is 1. The van der Waals surface area contributed by atoms with Crippen molar-refractivity contribution in [2.75, 3.05) is 6.61 Å². The highest BCUT2D eigenvalue weighted by atomic mass is 79.9. The molecule has 1 heterocycles. The van der Waals surface area contributed by atoms with Gasteiger partial charge in [-0.05, 0) is 35.4 Å². The predicted molar refractivity (Wildman–Crippen MR) is 86.8 cm³/mol. The van der Waals surface area contributed by atoms with Gasteiger partial charge in [-0.1, -0.05) is 48.0 Å². The van der Waals surface area contributed by atoms with Crippen molar-refractivity contribution in [1.82, 2.24) is 0 Å². The second-order valence-corrected chi connectivity index (χ2v) is 7.19. The third kappa shape index (κ3) is 2.47. The Balaban J connectivity index is 1.97. The Kier molecular flexibility index (Phi) is 3.55. The summed E-state index contributed by atoms with van der Waals surface area (Å²) in [7, 11) is 0. The lowest BCUT2D eigenvalue weighted by atomic mass is 9.85. The van der Waals surface area contributed by atoms with Crippen LogP contribution in [0.25, 0.3) is 0 Å². The molecule has 0 saturated carbocycles. The molecule has 0 radical (unpaired) electrons. The van der Waals surface area contributed by atoms with Crippen molar-refractivity contribution in [2.45, 2.75) is 24.6 Å². The first-order valence-electron chi connectivity index (χ1n) is 6.64. The van der Waals surface area contributed by atoms with Gasteiger partial charge in [0, 0.05) is 15.5 Å². The van der Waals surface area contributed by atoms with Crippen LogP contribution in [-0.2, 0) is 5.41 Å². The first-order valence-corrected chi connectivity index (χ1v) is 7.87. The molecule has 0 N–H and O–H groups in total. The minimum Gasteiger partial charge on any atom is -0.492 e. The average Bonchev–Trinajstić information content (AvgIpc) is 2.74. The summed E-state index contributed by atoms with van der Waals surface area (Å²) in [5.41, 5.74) is 3.53. The smallest absolute Gasteiger partial charge is 0.123 e. The molecule has 1 aliphatic heterocycles. The highest BCUT2D eigenvalue weighted by Crippen LogP contribution is 2.41. The minimum atomic E-state index is -0.134. The van der Waals surface area contributed by atoms with Gasteiger partial charge < -0.3 is 4.74 Å². The second-order valence-electron chi connectivity index (χ2n) is 5.84. The van der Waals surface area contributed by atoms with Crippen LogP contribution in [0.4, 0.5) is 0 Å². The van der Waals surface area contributed by atoms with Crippen LogP contribution >= 0.6 is 27.5 Å². The number of rotatable bonds is 2. The summed E-state index contributed by atoms with van der Waals surface area (Å²) in [4.78, 5) is 0. The lowest BCUT2D eigenvalue weighted by molar-refractivity contribution is 0.291. The fourth-order valence-corrected chi connectivity index (χ4v) is 3.07. The molecular formula is C17H16BrClO. The van der Waals surface area contributed by atoms with Crippen molar-refractivity contribution in [1.29, 1.82) is 0 Å². The maximum Gasteiger partial charge on any atom is 0.123 e. The monoisotopic (exact) mass is 350 g/mol. The third-order valence-corrected chi connectivity index (χ3v) is 4.81. The number of hydrogen-bond acceptors (Lipinski definition) is 1. The maximum absolute atomic E-state index is 6.62. The van der Waals surface area contributed by atoms with Crippen molar-refractivity contribution in [3.63, 3.8) is 0 Å². The van der Waals surface area contributed by atoms with E-state index >= 15 is 0 Å². The molecule has 2 aromatic rings. The van der Waals surface area contributed by atoms with Crippen molar-refractivity contribution >= 4 is 27.5 Å². The van der Waals surface area contributed by atoms with Crippen LogP contribution in [0.1, 0.15) is 35.9 Å². The summed E-state index contributed by atoms with van der Waals surface area (Å²) in [6.45, 7) is 5.13. The van der Waals surface area contributed by atoms with E-state index in [0.29, 0.717) is 0 Å². The molecule has 1 atom stereocenters. The Morgan fingerprint density at radius 1 is 1.10 bits per heavy atom. The molecule has 0 fully saturated rings. The van der Waals surface area contributed by atoms with Gasteiger partial charge in [0.15, 0.2) is 0 Å². The Morgan fingerprint density at radius 2 is 1.75 bits per heavy atom. The standard InChI is InChI=1S/C17H16BrClO/c1-17(2)10-20-15-8-5-12(9-14(15)17)16(19)11-3-6-13(18)7-4-11/h3-9,16H,10H2,1-2H3. The molecule has 20 heavy (non-hydrogen) atoms. The average molecular weight is 352 g/mol. The maximum atomic E-state index is 6.62. The number of benzene rings is 2. The Morgan fingerprint density at radius 3 is 2.45 bits per heavy atom. The summed E-state index contributed by atoms with van der Waals surface area (Å²) in [6.07, 6.45) is 0. The number of halogens is 2. The summed E-state index contributed by atoms with van der Waals surface area (Å²) in [5.74, 6) is 0.985. The molecular weight excluding hydrogens is 336 g/mol.